The van der Waals surface area contributed by atoms with Gasteiger partial charge < -0.3 is 14.6 Å². The molecule has 1 saturated carbocycles. The van der Waals surface area contributed by atoms with E-state index in [-0.39, 0.29) is 6.04 Å². The molecule has 2 fully saturated rings. The van der Waals surface area contributed by atoms with Crippen LogP contribution in [0.15, 0.2) is 12.4 Å². The van der Waals surface area contributed by atoms with Gasteiger partial charge in [-0.3, -0.25) is 0 Å². The molecular weight excluding hydrogens is 230 g/mol. The van der Waals surface area contributed by atoms with E-state index in [1.807, 2.05) is 15.7 Å². The number of aromatic nitrogens is 2. The number of anilines is 1. The van der Waals surface area contributed by atoms with Gasteiger partial charge in [-0.25, -0.2) is 9.78 Å². The van der Waals surface area contributed by atoms with Gasteiger partial charge in [-0.1, -0.05) is 6.42 Å². The minimum absolute atomic E-state index is 0.310. The summed E-state index contributed by atoms with van der Waals surface area (Å²) in [5.41, 5.74) is 0. The number of aryl methyl sites for hydroxylation is 1. The number of imidazole rings is 1. The fraction of sp³-hybridized carbons (Fsp3) is 0.692. The molecule has 1 aliphatic carbocycles. The molecular formula is C13H19N3O2. The minimum Gasteiger partial charge on any atom is -0.480 e. The quantitative estimate of drug-likeness (QED) is 0.883. The van der Waals surface area contributed by atoms with Crippen molar-refractivity contribution in [3.05, 3.63) is 12.4 Å². The highest BCUT2D eigenvalue weighted by Crippen LogP contribution is 2.43. The Bertz CT molecular complexity index is 457. The van der Waals surface area contributed by atoms with Gasteiger partial charge in [0.25, 0.3) is 0 Å². The zero-order chi connectivity index (χ0) is 12.7. The van der Waals surface area contributed by atoms with E-state index in [1.54, 1.807) is 6.20 Å². The maximum Gasteiger partial charge on any atom is 0.326 e. The number of aliphatic carboxylic acids is 1. The van der Waals surface area contributed by atoms with Crippen LogP contribution >= 0.6 is 0 Å². The Morgan fingerprint density at radius 1 is 1.56 bits per heavy atom. The highest BCUT2D eigenvalue weighted by atomic mass is 16.4. The second-order valence-corrected chi connectivity index (χ2v) is 5.30. The van der Waals surface area contributed by atoms with Crippen LogP contribution in [-0.4, -0.2) is 33.2 Å². The number of hydrogen-bond acceptors (Lipinski definition) is 3. The van der Waals surface area contributed by atoms with Gasteiger partial charge in [-0.05, 0) is 31.6 Å². The van der Waals surface area contributed by atoms with Crippen molar-refractivity contribution in [3.63, 3.8) is 0 Å². The Kier molecular flexibility index (Phi) is 2.76. The zero-order valence-electron chi connectivity index (χ0n) is 10.6. The van der Waals surface area contributed by atoms with E-state index < -0.39 is 5.97 Å². The molecule has 0 radical (unpaired) electrons. The number of hydrogen-bond donors (Lipinski definition) is 1. The molecule has 0 amide bonds. The van der Waals surface area contributed by atoms with Crippen LogP contribution in [0.1, 0.15) is 26.2 Å². The topological polar surface area (TPSA) is 58.4 Å². The highest BCUT2D eigenvalue weighted by Gasteiger charge is 2.48. The molecule has 0 aromatic carbocycles. The molecule has 1 aromatic rings. The third-order valence-electron chi connectivity index (χ3n) is 4.43. The Morgan fingerprint density at radius 2 is 2.39 bits per heavy atom. The molecule has 5 heteroatoms. The zero-order valence-corrected chi connectivity index (χ0v) is 10.6. The molecule has 18 heavy (non-hydrogen) atoms. The fourth-order valence-corrected chi connectivity index (χ4v) is 3.63. The van der Waals surface area contributed by atoms with Crippen molar-refractivity contribution in [2.24, 2.45) is 11.8 Å². The van der Waals surface area contributed by atoms with E-state index in [0.717, 1.165) is 31.9 Å². The molecule has 0 bridgehead atoms. The molecule has 3 unspecified atom stereocenters. The third-order valence-corrected chi connectivity index (χ3v) is 4.43. The molecule has 98 valence electrons. The van der Waals surface area contributed by atoms with E-state index in [4.69, 9.17) is 0 Å². The summed E-state index contributed by atoms with van der Waals surface area (Å²) in [4.78, 5) is 17.9. The van der Waals surface area contributed by atoms with Gasteiger partial charge in [-0.2, -0.15) is 0 Å². The van der Waals surface area contributed by atoms with Crippen LogP contribution in [0.2, 0.25) is 0 Å². The standard InChI is InChI=1S/C13H19N3O2/c1-2-15-7-6-14-13(15)16-8-9-4-3-5-10(9)11(16)12(17)18/h6-7,9-11H,2-5,8H2,1H3,(H,17,18). The Hall–Kier alpha value is -1.52. The molecule has 0 spiro atoms. The molecule has 3 atom stereocenters. The summed E-state index contributed by atoms with van der Waals surface area (Å²) in [5, 5.41) is 9.51. The van der Waals surface area contributed by atoms with E-state index >= 15 is 0 Å². The first kappa shape index (κ1) is 11.6. The van der Waals surface area contributed by atoms with Crippen molar-refractivity contribution in [2.75, 3.05) is 11.4 Å². The van der Waals surface area contributed by atoms with E-state index in [0.29, 0.717) is 11.8 Å². The number of carboxylic acid groups (broad SMARTS) is 1. The van der Waals surface area contributed by atoms with Gasteiger partial charge in [0.2, 0.25) is 5.95 Å². The number of fused-ring (bicyclic) bond motifs is 1. The number of carboxylic acids is 1. The SMILES string of the molecule is CCn1ccnc1N1CC2CCCC2C1C(=O)O. The predicted molar refractivity (Wildman–Crippen MR) is 67.5 cm³/mol. The van der Waals surface area contributed by atoms with Crippen molar-refractivity contribution in [1.82, 2.24) is 9.55 Å². The van der Waals surface area contributed by atoms with Crippen LogP contribution in [0.3, 0.4) is 0 Å². The number of nitrogens with zero attached hydrogens (tertiary/aromatic N) is 3. The lowest BCUT2D eigenvalue weighted by Crippen LogP contribution is -2.41. The maximum atomic E-state index is 11.6. The second kappa shape index (κ2) is 4.30. The summed E-state index contributed by atoms with van der Waals surface area (Å²) in [7, 11) is 0. The van der Waals surface area contributed by atoms with E-state index in [1.165, 1.54) is 6.42 Å². The lowest BCUT2D eigenvalue weighted by atomic mass is 9.94. The maximum absolute atomic E-state index is 11.6. The lowest BCUT2D eigenvalue weighted by Gasteiger charge is -2.25. The Labute approximate surface area is 106 Å². The lowest BCUT2D eigenvalue weighted by molar-refractivity contribution is -0.139. The molecule has 1 aliphatic heterocycles. The normalized spacial score (nSPS) is 30.7. The average molecular weight is 249 g/mol. The van der Waals surface area contributed by atoms with Crippen molar-refractivity contribution in [2.45, 2.75) is 38.8 Å². The van der Waals surface area contributed by atoms with Crippen molar-refractivity contribution in [3.8, 4) is 0 Å². The summed E-state index contributed by atoms with van der Waals surface area (Å²) in [6.45, 7) is 3.73. The monoisotopic (exact) mass is 249 g/mol. The largest absolute Gasteiger partial charge is 0.480 e. The van der Waals surface area contributed by atoms with E-state index in [9.17, 15) is 9.90 Å². The molecule has 2 aliphatic rings. The molecule has 1 N–H and O–H groups in total. The third kappa shape index (κ3) is 1.61. The van der Waals surface area contributed by atoms with Gasteiger partial charge in [0.1, 0.15) is 6.04 Å². The second-order valence-electron chi connectivity index (χ2n) is 5.30. The summed E-state index contributed by atoms with van der Waals surface area (Å²) in [6, 6.07) is -0.384. The first-order valence-electron chi connectivity index (χ1n) is 6.73. The van der Waals surface area contributed by atoms with Crippen LogP contribution in [0.4, 0.5) is 5.95 Å². The molecule has 1 saturated heterocycles. The van der Waals surface area contributed by atoms with E-state index in [2.05, 4.69) is 11.9 Å². The van der Waals surface area contributed by atoms with Crippen LogP contribution < -0.4 is 4.90 Å². The number of rotatable bonds is 3. The van der Waals surface area contributed by atoms with Crippen molar-refractivity contribution in [1.29, 1.82) is 0 Å². The van der Waals surface area contributed by atoms with Gasteiger partial charge in [-0.15, -0.1) is 0 Å². The predicted octanol–water partition coefficient (Wildman–Crippen LogP) is 1.59. The van der Waals surface area contributed by atoms with Crippen molar-refractivity contribution >= 4 is 11.9 Å². The summed E-state index contributed by atoms with van der Waals surface area (Å²) in [6.07, 6.45) is 7.06. The first-order valence-corrected chi connectivity index (χ1v) is 6.73. The van der Waals surface area contributed by atoms with Crippen LogP contribution in [0, 0.1) is 11.8 Å². The highest BCUT2D eigenvalue weighted by molar-refractivity contribution is 5.79. The first-order chi connectivity index (χ1) is 8.72. The van der Waals surface area contributed by atoms with Crippen LogP contribution in [0.5, 0.6) is 0 Å². The van der Waals surface area contributed by atoms with Crippen molar-refractivity contribution < 1.29 is 9.90 Å². The summed E-state index contributed by atoms with van der Waals surface area (Å²) >= 11 is 0. The molecule has 5 nitrogen and oxygen atoms in total. The summed E-state index contributed by atoms with van der Waals surface area (Å²) in [5.74, 6) is 0.965. The molecule has 2 heterocycles. The fourth-order valence-electron chi connectivity index (χ4n) is 3.63. The average Bonchev–Trinajstić information content (AvgIpc) is 3.01. The number of carbonyl (C=O) groups is 1. The Morgan fingerprint density at radius 3 is 3.11 bits per heavy atom. The smallest absolute Gasteiger partial charge is 0.326 e. The Balaban J connectivity index is 1.94. The minimum atomic E-state index is -0.699. The molecule has 1 aromatic heterocycles. The van der Waals surface area contributed by atoms with Gasteiger partial charge in [0, 0.05) is 25.5 Å². The summed E-state index contributed by atoms with van der Waals surface area (Å²) < 4.78 is 2.02. The van der Waals surface area contributed by atoms with Gasteiger partial charge >= 0.3 is 5.97 Å². The van der Waals surface area contributed by atoms with Crippen LogP contribution in [-0.2, 0) is 11.3 Å². The van der Waals surface area contributed by atoms with Crippen LogP contribution in [0.25, 0.3) is 0 Å². The van der Waals surface area contributed by atoms with Gasteiger partial charge in [0.15, 0.2) is 0 Å². The molecule has 3 rings (SSSR count). The van der Waals surface area contributed by atoms with Gasteiger partial charge in [0.05, 0.1) is 0 Å².